The summed E-state index contributed by atoms with van der Waals surface area (Å²) in [7, 11) is -3.83. The van der Waals surface area contributed by atoms with E-state index < -0.39 is 10.0 Å². The van der Waals surface area contributed by atoms with E-state index in [9.17, 15) is 13.5 Å². The fourth-order valence-electron chi connectivity index (χ4n) is 4.49. The first-order chi connectivity index (χ1) is 15.8. The van der Waals surface area contributed by atoms with Gasteiger partial charge < -0.3 is 15.4 Å². The number of sulfonamides is 1. The first-order valence-corrected chi connectivity index (χ1v) is 12.4. The molecule has 33 heavy (non-hydrogen) atoms. The molecule has 2 heterocycles. The summed E-state index contributed by atoms with van der Waals surface area (Å²) in [5.41, 5.74) is 9.55. The zero-order valence-electron chi connectivity index (χ0n) is 18.2. The van der Waals surface area contributed by atoms with E-state index in [4.69, 9.17) is 5.73 Å². The minimum absolute atomic E-state index is 0.100. The Balaban J connectivity index is 1.53. The maximum Gasteiger partial charge on any atom is 0.262 e. The minimum atomic E-state index is -3.83. The van der Waals surface area contributed by atoms with Crippen molar-refractivity contribution in [1.29, 1.82) is 0 Å². The predicted molar refractivity (Wildman–Crippen MR) is 129 cm³/mol. The Kier molecular flexibility index (Phi) is 5.20. The van der Waals surface area contributed by atoms with Crippen LogP contribution in [0.3, 0.4) is 0 Å². The Labute approximate surface area is 192 Å². The molecule has 5 rings (SSSR count). The maximum atomic E-state index is 12.7. The summed E-state index contributed by atoms with van der Waals surface area (Å²) in [6.07, 6.45) is 7.99. The Morgan fingerprint density at radius 2 is 1.82 bits per heavy atom. The lowest BCUT2D eigenvalue weighted by Gasteiger charge is -2.12. The van der Waals surface area contributed by atoms with Gasteiger partial charge in [0.2, 0.25) is 0 Å². The zero-order chi connectivity index (χ0) is 23.2. The van der Waals surface area contributed by atoms with Gasteiger partial charge in [0.25, 0.3) is 10.0 Å². The van der Waals surface area contributed by atoms with Gasteiger partial charge in [-0.3, -0.25) is 4.72 Å². The number of fused-ring (bicyclic) bond motifs is 1. The van der Waals surface area contributed by atoms with Gasteiger partial charge in [-0.2, -0.15) is 0 Å². The van der Waals surface area contributed by atoms with Crippen LogP contribution in [-0.2, 0) is 10.0 Å². The Morgan fingerprint density at radius 3 is 2.52 bits per heavy atom. The minimum Gasteiger partial charge on any atom is -0.506 e. The lowest BCUT2D eigenvalue weighted by molar-refractivity contribution is 0.478. The van der Waals surface area contributed by atoms with Crippen LogP contribution >= 0.6 is 0 Å². The summed E-state index contributed by atoms with van der Waals surface area (Å²) in [5, 5.41) is 11.4. The second-order valence-electron chi connectivity index (χ2n) is 8.50. The van der Waals surface area contributed by atoms with Crippen LogP contribution in [0.5, 0.6) is 5.75 Å². The van der Waals surface area contributed by atoms with Crippen molar-refractivity contribution in [3.05, 3.63) is 60.6 Å². The molecule has 2 aromatic heterocycles. The number of nitrogens with two attached hydrogens (primary N) is 1. The van der Waals surface area contributed by atoms with Gasteiger partial charge in [0.1, 0.15) is 23.5 Å². The summed E-state index contributed by atoms with van der Waals surface area (Å²) >= 11 is 0. The molecular weight excluding hydrogens is 438 g/mol. The predicted octanol–water partition coefficient (Wildman–Crippen LogP) is 4.61. The highest BCUT2D eigenvalue weighted by molar-refractivity contribution is 7.92. The van der Waals surface area contributed by atoms with Crippen LogP contribution in [0.15, 0.2) is 59.9 Å². The number of aryl methyl sites for hydroxylation is 1. The number of anilines is 2. The smallest absolute Gasteiger partial charge is 0.262 e. The largest absolute Gasteiger partial charge is 0.506 e. The van der Waals surface area contributed by atoms with Gasteiger partial charge in [-0.15, -0.1) is 0 Å². The Hall–Kier alpha value is -3.59. The molecule has 1 aliphatic carbocycles. The van der Waals surface area contributed by atoms with Crippen molar-refractivity contribution in [3.8, 4) is 16.9 Å². The van der Waals surface area contributed by atoms with Gasteiger partial charge in [0.15, 0.2) is 0 Å². The third-order valence-corrected chi connectivity index (χ3v) is 7.62. The molecule has 8 nitrogen and oxygen atoms in total. The van der Waals surface area contributed by atoms with Crippen LogP contribution in [0.1, 0.15) is 37.3 Å². The van der Waals surface area contributed by atoms with Crippen molar-refractivity contribution in [2.45, 2.75) is 43.5 Å². The van der Waals surface area contributed by atoms with Gasteiger partial charge in [-0.1, -0.05) is 36.6 Å². The van der Waals surface area contributed by atoms with Gasteiger partial charge in [0.05, 0.1) is 16.0 Å². The van der Waals surface area contributed by atoms with Gasteiger partial charge in [0, 0.05) is 17.8 Å². The third-order valence-electron chi connectivity index (χ3n) is 6.24. The molecule has 0 radical (unpaired) electrons. The van der Waals surface area contributed by atoms with Crippen LogP contribution in [0, 0.1) is 6.92 Å². The SMILES string of the molecule is Cc1ccc(S(=O)(=O)Nc2ccc(-c3cn(C4CCCC4)c4ncnc(N)c34)cc2O)cc1. The molecule has 0 bridgehead atoms. The van der Waals surface area contributed by atoms with E-state index in [1.807, 2.05) is 13.1 Å². The average Bonchev–Trinajstić information content (AvgIpc) is 3.44. The molecule has 0 spiro atoms. The molecular formula is C24H25N5O3S. The maximum absolute atomic E-state index is 12.7. The zero-order valence-corrected chi connectivity index (χ0v) is 19.0. The standard InChI is InChI=1S/C24H25N5O3S/c1-15-6-9-18(10-7-15)33(31,32)28-20-11-8-16(12-21(20)30)19-13-29(17-4-2-3-5-17)24-22(19)23(25)26-14-27-24/h6-14,17,28,30H,2-5H2,1H3,(H2,25,26,27). The van der Waals surface area contributed by atoms with Crippen molar-refractivity contribution >= 4 is 32.6 Å². The first-order valence-electron chi connectivity index (χ1n) is 10.9. The summed E-state index contributed by atoms with van der Waals surface area (Å²) in [4.78, 5) is 8.77. The highest BCUT2D eigenvalue weighted by atomic mass is 32.2. The molecule has 1 fully saturated rings. The number of rotatable bonds is 5. The second kappa shape index (κ2) is 8.08. The summed E-state index contributed by atoms with van der Waals surface area (Å²) in [5.74, 6) is 0.191. The molecule has 0 saturated heterocycles. The number of nitrogens with zero attached hydrogens (tertiary/aromatic N) is 3. The number of nitrogens with one attached hydrogen (secondary N) is 1. The van der Waals surface area contributed by atoms with Crippen LogP contribution in [-0.4, -0.2) is 28.1 Å². The molecule has 2 aromatic carbocycles. The third kappa shape index (κ3) is 3.89. The van der Waals surface area contributed by atoms with E-state index >= 15 is 0 Å². The number of hydrogen-bond donors (Lipinski definition) is 3. The molecule has 0 unspecified atom stereocenters. The van der Waals surface area contributed by atoms with E-state index in [1.165, 1.54) is 37.4 Å². The highest BCUT2D eigenvalue weighted by Crippen LogP contribution is 2.40. The fraction of sp³-hybridized carbons (Fsp3) is 0.250. The van der Waals surface area contributed by atoms with Crippen LogP contribution in [0.25, 0.3) is 22.2 Å². The van der Waals surface area contributed by atoms with Gasteiger partial charge in [-0.05, 0) is 49.6 Å². The van der Waals surface area contributed by atoms with Crippen molar-refractivity contribution in [2.24, 2.45) is 0 Å². The summed E-state index contributed by atoms with van der Waals surface area (Å²) < 4.78 is 30.1. The first kappa shape index (κ1) is 21.3. The Morgan fingerprint density at radius 1 is 1.09 bits per heavy atom. The van der Waals surface area contributed by atoms with E-state index in [0.717, 1.165) is 35.0 Å². The summed E-state index contributed by atoms with van der Waals surface area (Å²) in [6.45, 7) is 1.88. The van der Waals surface area contributed by atoms with E-state index in [-0.39, 0.29) is 16.3 Å². The lowest BCUT2D eigenvalue weighted by Crippen LogP contribution is -2.13. The molecule has 9 heteroatoms. The Bertz CT molecular complexity index is 1440. The van der Waals surface area contributed by atoms with Crippen LogP contribution in [0.4, 0.5) is 11.5 Å². The number of hydrogen-bond acceptors (Lipinski definition) is 6. The van der Waals surface area contributed by atoms with Gasteiger partial charge >= 0.3 is 0 Å². The van der Waals surface area contributed by atoms with Crippen molar-refractivity contribution in [1.82, 2.24) is 14.5 Å². The monoisotopic (exact) mass is 463 g/mol. The molecule has 1 aliphatic rings. The normalized spacial score (nSPS) is 14.7. The molecule has 170 valence electrons. The van der Waals surface area contributed by atoms with Crippen LogP contribution in [0.2, 0.25) is 0 Å². The van der Waals surface area contributed by atoms with Crippen molar-refractivity contribution in [2.75, 3.05) is 10.5 Å². The van der Waals surface area contributed by atoms with E-state index in [2.05, 4.69) is 19.3 Å². The van der Waals surface area contributed by atoms with Crippen molar-refractivity contribution < 1.29 is 13.5 Å². The molecule has 4 N–H and O–H groups in total. The molecule has 0 amide bonds. The van der Waals surface area contributed by atoms with Crippen molar-refractivity contribution in [3.63, 3.8) is 0 Å². The number of aromatic hydroxyl groups is 1. The van der Waals surface area contributed by atoms with Gasteiger partial charge in [-0.25, -0.2) is 18.4 Å². The number of benzene rings is 2. The average molecular weight is 464 g/mol. The number of phenolic OH excluding ortho intramolecular Hbond substituents is 1. The number of phenols is 1. The molecule has 0 aliphatic heterocycles. The topological polar surface area (TPSA) is 123 Å². The second-order valence-corrected chi connectivity index (χ2v) is 10.2. The van der Waals surface area contributed by atoms with Crippen LogP contribution < -0.4 is 10.5 Å². The summed E-state index contributed by atoms with van der Waals surface area (Å²) in [6, 6.07) is 11.7. The van der Waals surface area contributed by atoms with E-state index in [1.54, 1.807) is 24.3 Å². The molecule has 0 atom stereocenters. The number of nitrogen functional groups attached to an aromatic ring is 1. The lowest BCUT2D eigenvalue weighted by atomic mass is 10.1. The van der Waals surface area contributed by atoms with E-state index in [0.29, 0.717) is 17.4 Å². The molecule has 4 aromatic rings. The fourth-order valence-corrected chi connectivity index (χ4v) is 5.57. The highest BCUT2D eigenvalue weighted by Gasteiger charge is 2.23. The quantitative estimate of drug-likeness (QED) is 0.371. The molecule has 1 saturated carbocycles. The number of aromatic nitrogens is 3.